The number of alkyl halides is 3. The van der Waals surface area contributed by atoms with Gasteiger partial charge in [0.15, 0.2) is 0 Å². The molecule has 0 atom stereocenters. The Morgan fingerprint density at radius 3 is 2.33 bits per heavy atom. The van der Waals surface area contributed by atoms with Crippen LogP contribution in [0.4, 0.5) is 13.2 Å². The molecule has 0 heterocycles. The zero-order valence-corrected chi connectivity index (χ0v) is 12.3. The first-order chi connectivity index (χ1) is 9.47. The van der Waals surface area contributed by atoms with Crippen molar-refractivity contribution in [3.05, 3.63) is 24.3 Å². The van der Waals surface area contributed by atoms with Crippen molar-refractivity contribution in [2.75, 3.05) is 13.2 Å². The lowest BCUT2D eigenvalue weighted by Gasteiger charge is -2.22. The summed E-state index contributed by atoms with van der Waals surface area (Å²) in [7, 11) is -4.19. The number of rotatable bonds is 6. The van der Waals surface area contributed by atoms with Crippen LogP contribution < -0.4 is 9.46 Å². The SMILES string of the molecule is CC(C)(CO)CNS(=O)(=O)c1ccccc1OC(F)(F)F. The van der Waals surface area contributed by atoms with Gasteiger partial charge in [-0.15, -0.1) is 13.2 Å². The van der Waals surface area contributed by atoms with Crippen LogP contribution in [0.1, 0.15) is 13.8 Å². The highest BCUT2D eigenvalue weighted by molar-refractivity contribution is 7.89. The maximum atomic E-state index is 12.3. The first-order valence-electron chi connectivity index (χ1n) is 5.92. The number of sulfonamides is 1. The Kier molecular flexibility index (Phi) is 5.24. The Balaban J connectivity index is 3.04. The number of nitrogens with one attached hydrogen (secondary N) is 1. The van der Waals surface area contributed by atoms with Crippen molar-refractivity contribution in [1.82, 2.24) is 4.72 Å². The van der Waals surface area contributed by atoms with Crippen molar-refractivity contribution >= 4 is 10.0 Å². The zero-order chi connectivity index (χ0) is 16.3. The van der Waals surface area contributed by atoms with Gasteiger partial charge >= 0.3 is 6.36 Å². The maximum Gasteiger partial charge on any atom is 0.573 e. The van der Waals surface area contributed by atoms with E-state index in [9.17, 15) is 21.6 Å². The molecule has 1 aromatic carbocycles. The number of ether oxygens (including phenoxy) is 1. The van der Waals surface area contributed by atoms with Crippen molar-refractivity contribution in [3.8, 4) is 5.75 Å². The van der Waals surface area contributed by atoms with Gasteiger partial charge in [0, 0.05) is 18.6 Å². The summed E-state index contributed by atoms with van der Waals surface area (Å²) in [6.45, 7) is 2.80. The molecule has 0 amide bonds. The molecule has 0 unspecified atom stereocenters. The van der Waals surface area contributed by atoms with Crippen molar-refractivity contribution in [3.63, 3.8) is 0 Å². The molecule has 0 spiro atoms. The second kappa shape index (κ2) is 6.20. The molecular weight excluding hydrogens is 311 g/mol. The van der Waals surface area contributed by atoms with E-state index < -0.39 is 32.4 Å². The summed E-state index contributed by atoms with van der Waals surface area (Å²) in [5, 5.41) is 9.06. The number of aliphatic hydroxyl groups excluding tert-OH is 1. The van der Waals surface area contributed by atoms with E-state index in [-0.39, 0.29) is 13.2 Å². The Hall–Kier alpha value is -1.32. The van der Waals surface area contributed by atoms with E-state index in [1.54, 1.807) is 13.8 Å². The Morgan fingerprint density at radius 1 is 1.24 bits per heavy atom. The van der Waals surface area contributed by atoms with Crippen LogP contribution >= 0.6 is 0 Å². The lowest BCUT2D eigenvalue weighted by molar-refractivity contribution is -0.275. The van der Waals surface area contributed by atoms with E-state index >= 15 is 0 Å². The third-order valence-electron chi connectivity index (χ3n) is 2.53. The highest BCUT2D eigenvalue weighted by Gasteiger charge is 2.34. The zero-order valence-electron chi connectivity index (χ0n) is 11.4. The van der Waals surface area contributed by atoms with E-state index in [2.05, 4.69) is 9.46 Å². The third kappa shape index (κ3) is 5.52. The lowest BCUT2D eigenvalue weighted by atomic mass is 9.96. The molecule has 0 aromatic heterocycles. The lowest BCUT2D eigenvalue weighted by Crippen LogP contribution is -2.36. The minimum atomic E-state index is -4.99. The summed E-state index contributed by atoms with van der Waals surface area (Å²) in [5.74, 6) is -0.806. The van der Waals surface area contributed by atoms with Gasteiger partial charge in [-0.3, -0.25) is 0 Å². The van der Waals surface area contributed by atoms with Crippen molar-refractivity contribution in [2.45, 2.75) is 25.1 Å². The Morgan fingerprint density at radius 2 is 1.81 bits per heavy atom. The monoisotopic (exact) mass is 327 g/mol. The highest BCUT2D eigenvalue weighted by Crippen LogP contribution is 2.29. The van der Waals surface area contributed by atoms with Crippen LogP contribution in [0, 0.1) is 5.41 Å². The van der Waals surface area contributed by atoms with E-state index in [1.807, 2.05) is 0 Å². The molecule has 0 saturated heterocycles. The number of halogens is 3. The fourth-order valence-corrected chi connectivity index (χ4v) is 2.67. The molecule has 0 radical (unpaired) electrons. The summed E-state index contributed by atoms with van der Waals surface area (Å²) in [5.41, 5.74) is -0.743. The van der Waals surface area contributed by atoms with Gasteiger partial charge in [-0.25, -0.2) is 13.1 Å². The number of hydrogen-bond acceptors (Lipinski definition) is 4. The fraction of sp³-hybridized carbons (Fsp3) is 0.500. The van der Waals surface area contributed by atoms with Crippen molar-refractivity contribution in [1.29, 1.82) is 0 Å². The van der Waals surface area contributed by atoms with Crippen molar-refractivity contribution < 1.29 is 31.4 Å². The normalized spacial score (nSPS) is 13.2. The molecule has 0 aliphatic rings. The molecule has 0 bridgehead atoms. The van der Waals surface area contributed by atoms with Gasteiger partial charge < -0.3 is 9.84 Å². The number of para-hydroxylation sites is 1. The molecular formula is C12H16F3NO4S. The largest absolute Gasteiger partial charge is 0.573 e. The molecule has 0 fully saturated rings. The molecule has 120 valence electrons. The van der Waals surface area contributed by atoms with Gasteiger partial charge in [-0.2, -0.15) is 0 Å². The predicted molar refractivity (Wildman–Crippen MR) is 69.2 cm³/mol. The van der Waals surface area contributed by atoms with Gasteiger partial charge in [0.25, 0.3) is 0 Å². The van der Waals surface area contributed by atoms with Gasteiger partial charge in [0.2, 0.25) is 10.0 Å². The Labute approximate surface area is 120 Å². The molecule has 21 heavy (non-hydrogen) atoms. The summed E-state index contributed by atoms with van der Waals surface area (Å²) in [6, 6.07) is 4.45. The van der Waals surface area contributed by atoms with Crippen LogP contribution in [0.2, 0.25) is 0 Å². The number of benzene rings is 1. The molecule has 5 nitrogen and oxygen atoms in total. The fourth-order valence-electron chi connectivity index (χ4n) is 1.31. The van der Waals surface area contributed by atoms with E-state index in [4.69, 9.17) is 5.11 Å². The summed E-state index contributed by atoms with van der Waals surface area (Å²) in [4.78, 5) is -0.615. The smallest absolute Gasteiger partial charge is 0.404 e. The van der Waals surface area contributed by atoms with E-state index in [1.165, 1.54) is 12.1 Å². The highest BCUT2D eigenvalue weighted by atomic mass is 32.2. The molecule has 0 saturated carbocycles. The summed E-state index contributed by atoms with van der Waals surface area (Å²) < 4.78 is 66.8. The number of hydrogen-bond donors (Lipinski definition) is 2. The first kappa shape index (κ1) is 17.7. The van der Waals surface area contributed by atoms with Gasteiger partial charge in [-0.05, 0) is 12.1 Å². The van der Waals surface area contributed by atoms with E-state index in [0.717, 1.165) is 12.1 Å². The average Bonchev–Trinajstić information content (AvgIpc) is 2.35. The van der Waals surface area contributed by atoms with Crippen molar-refractivity contribution in [2.24, 2.45) is 5.41 Å². The van der Waals surface area contributed by atoms with Gasteiger partial charge in [0.1, 0.15) is 10.6 Å². The minimum absolute atomic E-state index is 0.133. The van der Waals surface area contributed by atoms with Crippen LogP contribution in [0.25, 0.3) is 0 Å². The van der Waals surface area contributed by atoms with Crippen LogP contribution in [-0.2, 0) is 10.0 Å². The molecule has 1 aromatic rings. The molecule has 0 aliphatic carbocycles. The second-order valence-electron chi connectivity index (χ2n) is 5.14. The quantitative estimate of drug-likeness (QED) is 0.836. The van der Waals surface area contributed by atoms with Crippen LogP contribution in [0.3, 0.4) is 0 Å². The minimum Gasteiger partial charge on any atom is -0.404 e. The van der Waals surface area contributed by atoms with Crippen LogP contribution in [0.5, 0.6) is 5.75 Å². The third-order valence-corrected chi connectivity index (χ3v) is 3.97. The molecule has 9 heteroatoms. The summed E-state index contributed by atoms with van der Waals surface area (Å²) in [6.07, 6.45) is -4.99. The topological polar surface area (TPSA) is 75.6 Å². The van der Waals surface area contributed by atoms with Crippen LogP contribution in [-0.4, -0.2) is 33.0 Å². The van der Waals surface area contributed by atoms with Crippen LogP contribution in [0.15, 0.2) is 29.2 Å². The number of aliphatic hydroxyl groups is 1. The Bertz CT molecular complexity index is 584. The predicted octanol–water partition coefficient (Wildman–Crippen LogP) is 1.88. The van der Waals surface area contributed by atoms with Gasteiger partial charge in [-0.1, -0.05) is 26.0 Å². The standard InChI is InChI=1S/C12H16F3NO4S/c1-11(2,8-17)7-16-21(18,19)10-6-4-3-5-9(10)20-12(13,14)15/h3-6,16-17H,7-8H2,1-2H3. The molecule has 2 N–H and O–H groups in total. The molecule has 0 aliphatic heterocycles. The second-order valence-corrected chi connectivity index (χ2v) is 6.88. The summed E-state index contributed by atoms with van der Waals surface area (Å²) >= 11 is 0. The van der Waals surface area contributed by atoms with E-state index in [0.29, 0.717) is 0 Å². The first-order valence-corrected chi connectivity index (χ1v) is 7.40. The molecule has 1 rings (SSSR count). The average molecular weight is 327 g/mol. The van der Waals surface area contributed by atoms with Gasteiger partial charge in [0.05, 0.1) is 0 Å². The maximum absolute atomic E-state index is 12.3.